The molecule has 0 spiro atoms. The van der Waals surface area contributed by atoms with E-state index < -0.39 is 28.5 Å². The van der Waals surface area contributed by atoms with Gasteiger partial charge in [-0.1, -0.05) is 54.6 Å². The third-order valence-electron chi connectivity index (χ3n) is 6.91. The Morgan fingerprint density at radius 1 is 0.950 bits per heavy atom. The van der Waals surface area contributed by atoms with E-state index in [9.17, 15) is 18.0 Å². The lowest BCUT2D eigenvalue weighted by Crippen LogP contribution is -2.53. The second-order valence-corrected chi connectivity index (χ2v) is 11.7. The number of hydrogen-bond donors (Lipinski definition) is 1. The first-order valence-electron chi connectivity index (χ1n) is 13.2. The van der Waals surface area contributed by atoms with Gasteiger partial charge in [0.15, 0.2) is 11.5 Å². The zero-order valence-corrected chi connectivity index (χ0v) is 23.8. The maximum absolute atomic E-state index is 14.1. The van der Waals surface area contributed by atoms with Crippen LogP contribution in [0.2, 0.25) is 0 Å². The Morgan fingerprint density at radius 2 is 1.62 bits per heavy atom. The van der Waals surface area contributed by atoms with Crippen molar-refractivity contribution in [2.75, 3.05) is 36.9 Å². The molecule has 9 nitrogen and oxygen atoms in total. The number of nitrogens with zero attached hydrogens (tertiary/aromatic N) is 2. The largest absolute Gasteiger partial charge is 0.486 e. The Balaban J connectivity index is 1.74. The number of likely N-dealkylation sites (N-methyl/N-ethyl adjacent to an activating group) is 1. The van der Waals surface area contributed by atoms with Crippen LogP contribution in [-0.2, 0) is 32.6 Å². The molecule has 1 heterocycles. The van der Waals surface area contributed by atoms with E-state index in [1.807, 2.05) is 61.5 Å². The van der Waals surface area contributed by atoms with Crippen molar-refractivity contribution in [3.05, 3.63) is 89.5 Å². The fourth-order valence-corrected chi connectivity index (χ4v) is 5.65. The number of carbonyl (C=O) groups excluding carboxylic acids is 2. The molecule has 10 heteroatoms. The molecule has 0 aromatic heterocycles. The predicted octanol–water partition coefficient (Wildman–Crippen LogP) is 3.31. The number of aryl methyl sites for hydroxylation is 1. The monoisotopic (exact) mass is 565 g/mol. The van der Waals surface area contributed by atoms with Crippen LogP contribution in [0.3, 0.4) is 0 Å². The van der Waals surface area contributed by atoms with Crippen molar-refractivity contribution in [3.63, 3.8) is 0 Å². The van der Waals surface area contributed by atoms with Crippen LogP contribution in [0.1, 0.15) is 23.6 Å². The molecule has 0 aliphatic carbocycles. The molecule has 3 aromatic carbocycles. The smallest absolute Gasteiger partial charge is 0.244 e. The van der Waals surface area contributed by atoms with Crippen molar-refractivity contribution in [1.82, 2.24) is 10.2 Å². The molecule has 0 saturated heterocycles. The summed E-state index contributed by atoms with van der Waals surface area (Å²) in [7, 11) is -2.34. The summed E-state index contributed by atoms with van der Waals surface area (Å²) in [6, 6.07) is 21.0. The summed E-state index contributed by atoms with van der Waals surface area (Å²) in [5.41, 5.74) is 2.99. The van der Waals surface area contributed by atoms with E-state index in [0.717, 1.165) is 21.0 Å². The maximum atomic E-state index is 14.1. The summed E-state index contributed by atoms with van der Waals surface area (Å²) >= 11 is 0. The number of ether oxygens (including phenoxy) is 2. The number of fused-ring (bicyclic) bond motifs is 1. The molecule has 1 aliphatic heterocycles. The maximum Gasteiger partial charge on any atom is 0.244 e. The van der Waals surface area contributed by atoms with Crippen LogP contribution < -0.4 is 19.1 Å². The van der Waals surface area contributed by atoms with E-state index >= 15 is 0 Å². The van der Waals surface area contributed by atoms with E-state index in [0.29, 0.717) is 24.7 Å². The van der Waals surface area contributed by atoms with Gasteiger partial charge in [-0.3, -0.25) is 13.9 Å². The van der Waals surface area contributed by atoms with Crippen LogP contribution in [0.25, 0.3) is 0 Å². The topological polar surface area (TPSA) is 105 Å². The number of rotatable bonds is 11. The van der Waals surface area contributed by atoms with Gasteiger partial charge in [0, 0.05) is 26.1 Å². The standard InChI is InChI=1S/C30H35N3O6S/c1-4-40(36,37)33(25-14-15-27-28(19-25)39-17-16-38-27)21-29(34)32(20-24-13-9-8-10-22(24)2)26(30(35)31-3)18-23-11-6-5-7-12-23/h5-15,19,26H,4,16-18,20-21H2,1-3H3,(H,31,35). The van der Waals surface area contributed by atoms with Gasteiger partial charge in [0.25, 0.3) is 0 Å². The molecule has 1 N–H and O–H groups in total. The van der Waals surface area contributed by atoms with Crippen molar-refractivity contribution >= 4 is 27.5 Å². The van der Waals surface area contributed by atoms with Gasteiger partial charge < -0.3 is 19.7 Å². The molecule has 1 unspecified atom stereocenters. The number of nitrogens with one attached hydrogen (secondary N) is 1. The first-order valence-corrected chi connectivity index (χ1v) is 14.8. The molecule has 40 heavy (non-hydrogen) atoms. The van der Waals surface area contributed by atoms with Gasteiger partial charge in [-0.05, 0) is 42.7 Å². The van der Waals surface area contributed by atoms with Crippen LogP contribution in [0.15, 0.2) is 72.8 Å². The van der Waals surface area contributed by atoms with E-state index in [1.165, 1.54) is 18.9 Å². The lowest BCUT2D eigenvalue weighted by atomic mass is 10.0. The molecule has 1 atom stereocenters. The van der Waals surface area contributed by atoms with E-state index in [-0.39, 0.29) is 30.3 Å². The summed E-state index contributed by atoms with van der Waals surface area (Å²) in [6.45, 7) is 3.86. The minimum absolute atomic E-state index is 0.136. The number of hydrogen-bond acceptors (Lipinski definition) is 6. The Hall–Kier alpha value is -4.05. The van der Waals surface area contributed by atoms with Crippen LogP contribution >= 0.6 is 0 Å². The van der Waals surface area contributed by atoms with Gasteiger partial charge in [0.1, 0.15) is 25.8 Å². The van der Waals surface area contributed by atoms with Gasteiger partial charge in [0.2, 0.25) is 21.8 Å². The highest BCUT2D eigenvalue weighted by molar-refractivity contribution is 7.92. The molecule has 0 fully saturated rings. The van der Waals surface area contributed by atoms with Gasteiger partial charge in [-0.2, -0.15) is 0 Å². The van der Waals surface area contributed by atoms with Crippen LogP contribution in [0.5, 0.6) is 11.5 Å². The quantitative estimate of drug-likeness (QED) is 0.383. The third kappa shape index (κ3) is 6.74. The highest BCUT2D eigenvalue weighted by Gasteiger charge is 2.33. The zero-order valence-electron chi connectivity index (χ0n) is 23.0. The summed E-state index contributed by atoms with van der Waals surface area (Å²) in [4.78, 5) is 28.8. The van der Waals surface area contributed by atoms with E-state index in [1.54, 1.807) is 18.2 Å². The van der Waals surface area contributed by atoms with E-state index in [4.69, 9.17) is 9.47 Å². The van der Waals surface area contributed by atoms with Gasteiger partial charge in [0.05, 0.1) is 11.4 Å². The summed E-state index contributed by atoms with van der Waals surface area (Å²) < 4.78 is 38.9. The summed E-state index contributed by atoms with van der Waals surface area (Å²) in [6.07, 6.45) is 0.267. The fourth-order valence-electron chi connectivity index (χ4n) is 4.60. The molecular formula is C30H35N3O6S. The van der Waals surface area contributed by atoms with Gasteiger partial charge in [-0.15, -0.1) is 0 Å². The van der Waals surface area contributed by atoms with Crippen molar-refractivity contribution in [1.29, 1.82) is 0 Å². The lowest BCUT2D eigenvalue weighted by Gasteiger charge is -2.34. The summed E-state index contributed by atoms with van der Waals surface area (Å²) in [5, 5.41) is 2.69. The molecule has 2 amide bonds. The van der Waals surface area contributed by atoms with Crippen LogP contribution in [-0.4, -0.2) is 63.7 Å². The average molecular weight is 566 g/mol. The van der Waals surface area contributed by atoms with Crippen molar-refractivity contribution in [2.45, 2.75) is 32.9 Å². The SMILES string of the molecule is CCS(=O)(=O)N(CC(=O)N(Cc1ccccc1C)C(Cc1ccccc1)C(=O)NC)c1ccc2c(c1)OCCO2. The van der Waals surface area contributed by atoms with Gasteiger partial charge in [-0.25, -0.2) is 8.42 Å². The highest BCUT2D eigenvalue weighted by Crippen LogP contribution is 2.35. The molecule has 0 saturated carbocycles. The second kappa shape index (κ2) is 12.9. The Morgan fingerprint density at radius 3 is 2.30 bits per heavy atom. The zero-order chi connectivity index (χ0) is 28.7. The summed E-state index contributed by atoms with van der Waals surface area (Å²) in [5.74, 6) is -0.125. The molecular weight excluding hydrogens is 530 g/mol. The Bertz CT molecular complexity index is 1440. The Labute approximate surface area is 235 Å². The number of anilines is 1. The predicted molar refractivity (Wildman–Crippen MR) is 154 cm³/mol. The minimum atomic E-state index is -3.87. The van der Waals surface area contributed by atoms with E-state index in [2.05, 4.69) is 5.32 Å². The number of benzene rings is 3. The first kappa shape index (κ1) is 28.9. The van der Waals surface area contributed by atoms with Crippen molar-refractivity contribution in [2.24, 2.45) is 0 Å². The molecule has 1 aliphatic rings. The van der Waals surface area contributed by atoms with Crippen molar-refractivity contribution in [3.8, 4) is 11.5 Å². The first-order chi connectivity index (χ1) is 19.2. The van der Waals surface area contributed by atoms with Crippen molar-refractivity contribution < 1.29 is 27.5 Å². The fraction of sp³-hybridized carbons (Fsp3) is 0.333. The molecule has 4 rings (SSSR count). The third-order valence-corrected chi connectivity index (χ3v) is 8.65. The Kier molecular flexibility index (Phi) is 9.31. The van der Waals surface area contributed by atoms with Crippen LogP contribution in [0, 0.1) is 6.92 Å². The number of amides is 2. The van der Waals surface area contributed by atoms with Gasteiger partial charge >= 0.3 is 0 Å². The molecule has 212 valence electrons. The highest BCUT2D eigenvalue weighted by atomic mass is 32.2. The molecule has 0 bridgehead atoms. The average Bonchev–Trinajstić information content (AvgIpc) is 2.98. The minimum Gasteiger partial charge on any atom is -0.486 e. The number of carbonyl (C=O) groups is 2. The molecule has 0 radical (unpaired) electrons. The lowest BCUT2D eigenvalue weighted by molar-refractivity contribution is -0.139. The second-order valence-electron chi connectivity index (χ2n) is 9.50. The number of sulfonamides is 1. The van der Waals surface area contributed by atoms with Crippen LogP contribution in [0.4, 0.5) is 5.69 Å². The molecule has 3 aromatic rings. The normalized spacial score (nSPS) is 13.3.